The Morgan fingerprint density at radius 3 is 2.45 bits per heavy atom. The molecule has 1 unspecified atom stereocenters. The molecule has 0 heterocycles. The topological polar surface area (TPSA) is 94.2 Å². The molecular formula is C17H24F3N2O6P. The highest BCUT2D eigenvalue weighted by molar-refractivity contribution is 7.36. The molecule has 164 valence electrons. The fraction of sp³-hybridized carbons (Fsp3) is 0.529. The first-order chi connectivity index (χ1) is 13.6. The molecule has 0 radical (unpaired) electrons. The summed E-state index contributed by atoms with van der Waals surface area (Å²) in [4.78, 5) is 23.6. The minimum Gasteiger partial charge on any atom is -0.465 e. The fourth-order valence-corrected chi connectivity index (χ4v) is 3.28. The SMILES string of the molecule is CCOC(=O)[C@H](C)N(CCNC(=O)OCc1ccccc1)[PH](=O)OCC(F)(F)F. The van der Waals surface area contributed by atoms with Crippen molar-refractivity contribution in [1.82, 2.24) is 9.99 Å². The van der Waals surface area contributed by atoms with E-state index in [1.807, 2.05) is 6.07 Å². The first-order valence-corrected chi connectivity index (χ1v) is 10.0. The lowest BCUT2D eigenvalue weighted by Crippen LogP contribution is -2.41. The predicted molar refractivity (Wildman–Crippen MR) is 98.4 cm³/mol. The van der Waals surface area contributed by atoms with Gasteiger partial charge in [-0.3, -0.25) is 9.36 Å². The zero-order chi connectivity index (χ0) is 21.9. The van der Waals surface area contributed by atoms with Gasteiger partial charge in [-0.2, -0.15) is 13.2 Å². The predicted octanol–water partition coefficient (Wildman–Crippen LogP) is 3.14. The van der Waals surface area contributed by atoms with Gasteiger partial charge in [-0.25, -0.2) is 9.46 Å². The van der Waals surface area contributed by atoms with E-state index in [9.17, 15) is 27.3 Å². The van der Waals surface area contributed by atoms with Crippen LogP contribution in [0.5, 0.6) is 0 Å². The highest BCUT2D eigenvalue weighted by Gasteiger charge is 2.32. The van der Waals surface area contributed by atoms with Gasteiger partial charge in [-0.05, 0) is 19.4 Å². The summed E-state index contributed by atoms with van der Waals surface area (Å²) < 4.78 is 64.2. The maximum Gasteiger partial charge on any atom is 0.412 e. The molecule has 0 aromatic heterocycles. The number of nitrogens with zero attached hydrogens (tertiary/aromatic N) is 1. The highest BCUT2D eigenvalue weighted by Crippen LogP contribution is 2.33. The van der Waals surface area contributed by atoms with Gasteiger partial charge in [0.1, 0.15) is 12.6 Å². The molecule has 1 amide bonds. The van der Waals surface area contributed by atoms with Gasteiger partial charge in [-0.1, -0.05) is 30.3 Å². The lowest BCUT2D eigenvalue weighted by molar-refractivity contribution is -0.154. The summed E-state index contributed by atoms with van der Waals surface area (Å²) in [6.45, 7) is 0.892. The fourth-order valence-electron chi connectivity index (χ4n) is 2.11. The third-order valence-electron chi connectivity index (χ3n) is 3.52. The van der Waals surface area contributed by atoms with Crippen LogP contribution in [0.3, 0.4) is 0 Å². The van der Waals surface area contributed by atoms with Crippen LogP contribution < -0.4 is 5.32 Å². The zero-order valence-corrected chi connectivity index (χ0v) is 17.0. The molecule has 1 aromatic rings. The number of rotatable bonds is 11. The lowest BCUT2D eigenvalue weighted by Gasteiger charge is -2.26. The number of nitrogens with one attached hydrogen (secondary N) is 1. The van der Waals surface area contributed by atoms with Crippen LogP contribution in [0, 0.1) is 0 Å². The molecule has 1 aromatic carbocycles. The van der Waals surface area contributed by atoms with E-state index < -0.39 is 39.1 Å². The molecule has 0 bridgehead atoms. The second-order valence-corrected chi connectivity index (χ2v) is 7.17. The van der Waals surface area contributed by atoms with Gasteiger partial charge in [-0.15, -0.1) is 0 Å². The van der Waals surface area contributed by atoms with E-state index in [-0.39, 0.29) is 26.3 Å². The van der Waals surface area contributed by atoms with Crippen molar-refractivity contribution in [2.24, 2.45) is 0 Å². The van der Waals surface area contributed by atoms with Crippen molar-refractivity contribution < 1.29 is 41.3 Å². The molecule has 2 atom stereocenters. The van der Waals surface area contributed by atoms with Gasteiger partial charge in [0, 0.05) is 13.1 Å². The molecule has 12 heteroatoms. The zero-order valence-electron chi connectivity index (χ0n) is 16.0. The summed E-state index contributed by atoms with van der Waals surface area (Å²) in [5, 5.41) is 2.38. The van der Waals surface area contributed by atoms with Crippen LogP contribution in [-0.2, 0) is 30.0 Å². The summed E-state index contributed by atoms with van der Waals surface area (Å²) in [6, 6.07) is 7.77. The Hall–Kier alpha value is -2.10. The molecule has 0 aliphatic heterocycles. The Bertz CT molecular complexity index is 675. The number of carbonyl (C=O) groups is 2. The Kier molecular flexibility index (Phi) is 10.7. The van der Waals surface area contributed by atoms with E-state index in [0.717, 1.165) is 10.2 Å². The van der Waals surface area contributed by atoms with E-state index >= 15 is 0 Å². The second kappa shape index (κ2) is 12.5. The third kappa shape index (κ3) is 10.3. The number of ether oxygens (including phenoxy) is 2. The maximum atomic E-state index is 12.3. The molecular weight excluding hydrogens is 416 g/mol. The van der Waals surface area contributed by atoms with E-state index in [4.69, 9.17) is 9.47 Å². The third-order valence-corrected chi connectivity index (χ3v) is 5.00. The van der Waals surface area contributed by atoms with Crippen LogP contribution in [0.2, 0.25) is 0 Å². The van der Waals surface area contributed by atoms with Gasteiger partial charge < -0.3 is 19.3 Å². The number of alkyl carbamates (subject to hydrolysis) is 1. The average molecular weight is 440 g/mol. The van der Waals surface area contributed by atoms with Crippen LogP contribution in [0.15, 0.2) is 30.3 Å². The molecule has 1 rings (SSSR count). The van der Waals surface area contributed by atoms with Crippen molar-refractivity contribution >= 4 is 20.2 Å². The molecule has 0 saturated heterocycles. The first-order valence-electron chi connectivity index (χ1n) is 8.75. The second-order valence-electron chi connectivity index (χ2n) is 5.78. The minimum atomic E-state index is -4.67. The van der Waals surface area contributed by atoms with Crippen LogP contribution in [-0.4, -0.2) is 55.3 Å². The quantitative estimate of drug-likeness (QED) is 0.417. The van der Waals surface area contributed by atoms with Gasteiger partial charge in [0.25, 0.3) is 8.18 Å². The average Bonchev–Trinajstić information content (AvgIpc) is 2.67. The van der Waals surface area contributed by atoms with E-state index in [1.165, 1.54) is 6.92 Å². The molecule has 1 N–H and O–H groups in total. The molecule has 8 nitrogen and oxygen atoms in total. The monoisotopic (exact) mass is 440 g/mol. The highest BCUT2D eigenvalue weighted by atomic mass is 31.1. The van der Waals surface area contributed by atoms with Crippen LogP contribution in [0.25, 0.3) is 0 Å². The number of esters is 1. The number of benzene rings is 1. The molecule has 0 aliphatic carbocycles. The summed E-state index contributed by atoms with van der Waals surface area (Å²) >= 11 is 0. The largest absolute Gasteiger partial charge is 0.465 e. The van der Waals surface area contributed by atoms with E-state index in [0.29, 0.717) is 0 Å². The van der Waals surface area contributed by atoms with Crippen LogP contribution in [0.1, 0.15) is 19.4 Å². The number of carbonyl (C=O) groups excluding carboxylic acids is 2. The molecule has 0 fully saturated rings. The Balaban J connectivity index is 2.57. The van der Waals surface area contributed by atoms with Gasteiger partial charge in [0.05, 0.1) is 6.61 Å². The van der Waals surface area contributed by atoms with Crippen molar-refractivity contribution in [2.45, 2.75) is 32.7 Å². The van der Waals surface area contributed by atoms with Gasteiger partial charge >= 0.3 is 18.2 Å². The number of hydrogen-bond donors (Lipinski definition) is 1. The van der Waals surface area contributed by atoms with Crippen LogP contribution in [0.4, 0.5) is 18.0 Å². The van der Waals surface area contributed by atoms with Gasteiger partial charge in [0.15, 0.2) is 6.61 Å². The van der Waals surface area contributed by atoms with Crippen molar-refractivity contribution in [2.75, 3.05) is 26.3 Å². The Morgan fingerprint density at radius 2 is 1.86 bits per heavy atom. The van der Waals surface area contributed by atoms with Crippen molar-refractivity contribution in [3.63, 3.8) is 0 Å². The molecule has 0 aliphatic rings. The Labute approximate surface area is 167 Å². The van der Waals surface area contributed by atoms with Crippen molar-refractivity contribution in [1.29, 1.82) is 0 Å². The smallest absolute Gasteiger partial charge is 0.412 e. The summed E-state index contributed by atoms with van der Waals surface area (Å²) in [7, 11) is -3.40. The normalized spacial score (nSPS) is 13.6. The van der Waals surface area contributed by atoms with Crippen molar-refractivity contribution in [3.8, 4) is 0 Å². The first kappa shape index (κ1) is 24.9. The minimum absolute atomic E-state index is 0.0287. The van der Waals surface area contributed by atoms with E-state index in [2.05, 4.69) is 9.84 Å². The summed E-state index contributed by atoms with van der Waals surface area (Å²) in [5.74, 6) is -0.770. The number of hydrogen-bond acceptors (Lipinski definition) is 6. The van der Waals surface area contributed by atoms with Crippen LogP contribution >= 0.6 is 8.18 Å². The molecule has 29 heavy (non-hydrogen) atoms. The maximum absolute atomic E-state index is 12.3. The number of amides is 1. The summed E-state index contributed by atoms with van der Waals surface area (Å²) in [5.41, 5.74) is 0.769. The van der Waals surface area contributed by atoms with Gasteiger partial charge in [0.2, 0.25) is 0 Å². The van der Waals surface area contributed by atoms with Crippen molar-refractivity contribution in [3.05, 3.63) is 35.9 Å². The standard InChI is InChI=1S/C17H24F3N2O6P/c1-3-26-15(23)13(2)22(29(25)28-12-17(18,19)20)10-9-21-16(24)27-11-14-7-5-4-6-8-14/h4-8,13,29H,3,9-12H2,1-2H3,(H,21,24)/t13-/m0/s1. The Morgan fingerprint density at radius 1 is 1.21 bits per heavy atom. The molecule has 0 spiro atoms. The molecule has 0 saturated carbocycles. The number of alkyl halides is 3. The summed E-state index contributed by atoms with van der Waals surface area (Å²) in [6.07, 6.45) is -5.44. The lowest BCUT2D eigenvalue weighted by atomic mass is 10.2. The number of halogens is 3. The van der Waals surface area contributed by atoms with E-state index in [1.54, 1.807) is 31.2 Å².